The molecule has 0 fully saturated rings. The zero-order valence-electron chi connectivity index (χ0n) is 8.03. The van der Waals surface area contributed by atoms with Crippen LogP contribution in [-0.4, -0.2) is 17.5 Å². The zero-order valence-corrected chi connectivity index (χ0v) is 8.79. The fraction of sp³-hybridized carbons (Fsp3) is 0.364. The second kappa shape index (κ2) is 4.01. The van der Waals surface area contributed by atoms with Crippen molar-refractivity contribution in [1.82, 2.24) is 4.98 Å². The summed E-state index contributed by atoms with van der Waals surface area (Å²) >= 11 is 6.01. The van der Waals surface area contributed by atoms with E-state index in [9.17, 15) is 0 Å². The lowest BCUT2D eigenvalue weighted by Crippen LogP contribution is -1.90. The Labute approximate surface area is 88.6 Å². The van der Waals surface area contributed by atoms with Crippen molar-refractivity contribution >= 4 is 17.2 Å². The van der Waals surface area contributed by atoms with E-state index in [1.165, 1.54) is 5.57 Å². The zero-order chi connectivity index (χ0) is 9.97. The van der Waals surface area contributed by atoms with Gasteiger partial charge in [-0.25, -0.2) is 0 Å². The molecule has 0 aliphatic heterocycles. The molecule has 0 saturated carbocycles. The van der Waals surface area contributed by atoms with Crippen LogP contribution in [0.25, 0.3) is 5.57 Å². The fourth-order valence-corrected chi connectivity index (χ4v) is 1.96. The number of nitrogens with zero attached hydrogens (tertiary/aromatic N) is 1. The molecule has 1 aromatic heterocycles. The van der Waals surface area contributed by atoms with E-state index in [0.29, 0.717) is 0 Å². The summed E-state index contributed by atoms with van der Waals surface area (Å²) in [7, 11) is 1.67. The normalized spacial score (nSPS) is 20.7. The summed E-state index contributed by atoms with van der Waals surface area (Å²) in [6.07, 6.45) is 7.67. The molecule has 74 valence electrons. The van der Waals surface area contributed by atoms with Gasteiger partial charge < -0.3 is 4.74 Å². The number of ether oxygens (including phenoxy) is 1. The predicted molar refractivity (Wildman–Crippen MR) is 57.6 cm³/mol. The van der Waals surface area contributed by atoms with E-state index < -0.39 is 0 Å². The van der Waals surface area contributed by atoms with Gasteiger partial charge in [0.05, 0.1) is 12.5 Å². The molecular formula is C11H12ClNO. The van der Waals surface area contributed by atoms with Crippen LogP contribution < -0.4 is 4.74 Å². The Balaban J connectivity index is 2.36. The molecule has 1 unspecified atom stereocenters. The second-order valence-electron chi connectivity index (χ2n) is 3.32. The largest absolute Gasteiger partial charge is 0.496 e. The quantitative estimate of drug-likeness (QED) is 0.699. The molecule has 0 saturated heterocycles. The highest BCUT2D eigenvalue weighted by Gasteiger charge is 2.17. The maximum absolute atomic E-state index is 6.01. The van der Waals surface area contributed by atoms with Crippen LogP contribution in [0.2, 0.25) is 0 Å². The molecule has 1 atom stereocenters. The molecule has 2 nitrogen and oxygen atoms in total. The molecule has 1 heterocycles. The third-order valence-corrected chi connectivity index (χ3v) is 2.76. The molecule has 0 aromatic carbocycles. The van der Waals surface area contributed by atoms with E-state index in [2.05, 4.69) is 11.1 Å². The molecule has 1 aromatic rings. The fourth-order valence-electron chi connectivity index (χ4n) is 1.70. The third-order valence-electron chi connectivity index (χ3n) is 2.42. The molecule has 0 spiro atoms. The van der Waals surface area contributed by atoms with Crippen molar-refractivity contribution < 1.29 is 4.74 Å². The topological polar surface area (TPSA) is 22.1 Å². The van der Waals surface area contributed by atoms with Crippen LogP contribution in [0.5, 0.6) is 5.75 Å². The molecule has 1 aliphatic carbocycles. The summed E-state index contributed by atoms with van der Waals surface area (Å²) < 4.78 is 5.27. The van der Waals surface area contributed by atoms with Gasteiger partial charge in [0.25, 0.3) is 0 Å². The molecule has 0 amide bonds. The van der Waals surface area contributed by atoms with E-state index >= 15 is 0 Å². The van der Waals surface area contributed by atoms with Crippen molar-refractivity contribution in [2.75, 3.05) is 7.11 Å². The molecule has 1 aliphatic rings. The van der Waals surface area contributed by atoms with E-state index in [-0.39, 0.29) is 5.38 Å². The minimum atomic E-state index is 0.162. The van der Waals surface area contributed by atoms with Gasteiger partial charge in [-0.05, 0) is 24.5 Å². The number of pyridine rings is 1. The molecular weight excluding hydrogens is 198 g/mol. The first-order valence-electron chi connectivity index (χ1n) is 4.64. The lowest BCUT2D eigenvalue weighted by atomic mass is 10.1. The van der Waals surface area contributed by atoms with Crippen LogP contribution >= 0.6 is 11.6 Å². The van der Waals surface area contributed by atoms with Crippen LogP contribution in [0.15, 0.2) is 24.5 Å². The summed E-state index contributed by atoms with van der Waals surface area (Å²) in [5.41, 5.74) is 2.31. The van der Waals surface area contributed by atoms with Crippen molar-refractivity contribution in [3.05, 3.63) is 30.1 Å². The van der Waals surface area contributed by atoms with E-state index in [0.717, 1.165) is 24.2 Å². The van der Waals surface area contributed by atoms with Crippen LogP contribution in [0, 0.1) is 0 Å². The number of hydrogen-bond acceptors (Lipinski definition) is 2. The van der Waals surface area contributed by atoms with Crippen molar-refractivity contribution in [2.45, 2.75) is 18.2 Å². The Morgan fingerprint density at radius 3 is 3.07 bits per heavy atom. The van der Waals surface area contributed by atoms with Crippen molar-refractivity contribution in [3.63, 3.8) is 0 Å². The molecule has 14 heavy (non-hydrogen) atoms. The van der Waals surface area contributed by atoms with Gasteiger partial charge >= 0.3 is 0 Å². The Morgan fingerprint density at radius 2 is 2.43 bits per heavy atom. The average Bonchev–Trinajstić information content (AvgIpc) is 2.65. The highest BCUT2D eigenvalue weighted by atomic mass is 35.5. The summed E-state index contributed by atoms with van der Waals surface area (Å²) in [4.78, 5) is 4.10. The Morgan fingerprint density at radius 1 is 1.57 bits per heavy atom. The first kappa shape index (κ1) is 9.53. The van der Waals surface area contributed by atoms with Gasteiger partial charge in [-0.3, -0.25) is 4.98 Å². The van der Waals surface area contributed by atoms with Crippen molar-refractivity contribution in [2.24, 2.45) is 0 Å². The van der Waals surface area contributed by atoms with E-state index in [4.69, 9.17) is 16.3 Å². The number of rotatable bonds is 2. The van der Waals surface area contributed by atoms with E-state index in [1.807, 2.05) is 12.3 Å². The van der Waals surface area contributed by atoms with Gasteiger partial charge in [-0.1, -0.05) is 6.08 Å². The van der Waals surface area contributed by atoms with Gasteiger partial charge in [0.15, 0.2) is 0 Å². The molecule has 0 N–H and O–H groups in total. The number of hydrogen-bond donors (Lipinski definition) is 0. The lowest BCUT2D eigenvalue weighted by Gasteiger charge is -2.07. The van der Waals surface area contributed by atoms with E-state index in [1.54, 1.807) is 13.3 Å². The first-order valence-corrected chi connectivity index (χ1v) is 5.08. The highest BCUT2D eigenvalue weighted by Crippen LogP contribution is 2.34. The number of alkyl halides is 1. The monoisotopic (exact) mass is 209 g/mol. The Bertz CT molecular complexity index is 362. The van der Waals surface area contributed by atoms with Crippen LogP contribution in [0.4, 0.5) is 0 Å². The molecule has 0 radical (unpaired) electrons. The van der Waals surface area contributed by atoms with Crippen LogP contribution in [0.1, 0.15) is 18.4 Å². The third kappa shape index (κ3) is 1.75. The Hall–Kier alpha value is -1.02. The number of allylic oxidation sites excluding steroid dienone is 2. The minimum absolute atomic E-state index is 0.162. The smallest absolute Gasteiger partial charge is 0.129 e. The Kier molecular flexibility index (Phi) is 2.73. The lowest BCUT2D eigenvalue weighted by molar-refractivity contribution is 0.413. The molecule has 3 heteroatoms. The maximum atomic E-state index is 6.01. The molecule has 2 rings (SSSR count). The summed E-state index contributed by atoms with van der Waals surface area (Å²) in [6.45, 7) is 0. The number of methoxy groups -OCH3 is 1. The van der Waals surface area contributed by atoms with Gasteiger partial charge in [0, 0.05) is 18.0 Å². The summed E-state index contributed by atoms with van der Waals surface area (Å²) in [5, 5.41) is 0.162. The second-order valence-corrected chi connectivity index (χ2v) is 3.88. The van der Waals surface area contributed by atoms with Gasteiger partial charge in [-0.2, -0.15) is 0 Å². The van der Waals surface area contributed by atoms with Crippen LogP contribution in [-0.2, 0) is 0 Å². The SMILES string of the molecule is COc1ccncc1C1=CC(Cl)CC1. The standard InChI is InChI=1S/C11H12ClNO/c1-14-11-4-5-13-7-10(11)8-2-3-9(12)6-8/h4-7,9H,2-3H2,1H3. The van der Waals surface area contributed by atoms with Gasteiger partial charge in [-0.15, -0.1) is 11.6 Å². The summed E-state index contributed by atoms with van der Waals surface area (Å²) in [6, 6.07) is 1.87. The highest BCUT2D eigenvalue weighted by molar-refractivity contribution is 6.22. The average molecular weight is 210 g/mol. The predicted octanol–water partition coefficient (Wildman–Crippen LogP) is 2.87. The number of halogens is 1. The maximum Gasteiger partial charge on any atom is 0.129 e. The summed E-state index contributed by atoms with van der Waals surface area (Å²) in [5.74, 6) is 0.872. The number of aromatic nitrogens is 1. The van der Waals surface area contributed by atoms with Crippen molar-refractivity contribution in [3.8, 4) is 5.75 Å². The van der Waals surface area contributed by atoms with Crippen molar-refractivity contribution in [1.29, 1.82) is 0 Å². The van der Waals surface area contributed by atoms with Gasteiger partial charge in [0.1, 0.15) is 5.75 Å². The van der Waals surface area contributed by atoms with Gasteiger partial charge in [0.2, 0.25) is 0 Å². The minimum Gasteiger partial charge on any atom is -0.496 e. The first-order chi connectivity index (χ1) is 6.81. The molecule has 0 bridgehead atoms. The van der Waals surface area contributed by atoms with Crippen LogP contribution in [0.3, 0.4) is 0 Å².